The summed E-state index contributed by atoms with van der Waals surface area (Å²) in [6, 6.07) is 0. The van der Waals surface area contributed by atoms with Crippen LogP contribution in [0.15, 0.2) is 9.21 Å². The lowest BCUT2D eigenvalue weighted by Crippen LogP contribution is -2.10. The van der Waals surface area contributed by atoms with Gasteiger partial charge in [0.2, 0.25) is 0 Å². The van der Waals surface area contributed by atoms with Gasteiger partial charge in [-0.25, -0.2) is 4.79 Å². The number of unbranched alkanes of at least 4 members (excludes halogenated alkanes) is 1. The molecule has 0 amide bonds. The summed E-state index contributed by atoms with van der Waals surface area (Å²) in [5, 5.41) is 0. The van der Waals surface area contributed by atoms with Crippen LogP contribution in [0.3, 0.4) is 0 Å². The van der Waals surface area contributed by atoms with Crippen LogP contribution >= 0.6 is 0 Å². The molecule has 0 aliphatic heterocycles. The quantitative estimate of drug-likeness (QED) is 0.733. The van der Waals surface area contributed by atoms with E-state index in [0.717, 1.165) is 36.1 Å². The highest BCUT2D eigenvalue weighted by molar-refractivity contribution is 6.00. The molecule has 0 spiro atoms. The van der Waals surface area contributed by atoms with E-state index in [2.05, 4.69) is 17.4 Å². The fourth-order valence-electron chi connectivity index (χ4n) is 1.46. The average Bonchev–Trinajstić information content (AvgIpc) is 2.22. The minimum absolute atomic E-state index is 0.240. The zero-order valence-corrected chi connectivity index (χ0v) is 10.3. The molecule has 0 N–H and O–H groups in total. The van der Waals surface area contributed by atoms with Crippen molar-refractivity contribution < 1.29 is 8.84 Å². The number of aryl methyl sites for hydroxylation is 1. The van der Waals surface area contributed by atoms with Gasteiger partial charge in [-0.15, -0.1) is 0 Å². The van der Waals surface area contributed by atoms with Gasteiger partial charge in [-0.2, -0.15) is 0 Å². The normalized spacial score (nSPS) is 10.4. The van der Waals surface area contributed by atoms with Crippen molar-refractivity contribution in [2.45, 2.75) is 40.0 Å². The van der Waals surface area contributed by atoms with Gasteiger partial charge in [-0.3, -0.25) is 0 Å². The Kier molecular flexibility index (Phi) is 4.14. The molecule has 0 aromatic carbocycles. The summed E-state index contributed by atoms with van der Waals surface area (Å²) in [5.41, 5.74) is 1.42. The smallest absolute Gasteiger partial charge is 0.377 e. The Balaban J connectivity index is 3.16. The van der Waals surface area contributed by atoms with E-state index in [0.29, 0.717) is 0 Å². The van der Waals surface area contributed by atoms with Crippen molar-refractivity contribution in [1.82, 2.24) is 0 Å². The van der Waals surface area contributed by atoms with Gasteiger partial charge in [0.15, 0.2) is 5.75 Å². The Morgan fingerprint density at radius 2 is 2.00 bits per heavy atom. The van der Waals surface area contributed by atoms with Gasteiger partial charge >= 0.3 is 16.1 Å². The first-order valence-electron chi connectivity index (χ1n) is 5.08. The van der Waals surface area contributed by atoms with Crippen LogP contribution in [-0.4, -0.2) is 10.5 Å². The Morgan fingerprint density at radius 3 is 2.53 bits per heavy atom. The first kappa shape index (κ1) is 12.0. The molecule has 15 heavy (non-hydrogen) atoms. The molecular weight excluding hydrogens is 208 g/mol. The summed E-state index contributed by atoms with van der Waals surface area (Å²) < 4.78 is 10.0. The van der Waals surface area contributed by atoms with Crippen LogP contribution in [0.2, 0.25) is 0 Å². The van der Waals surface area contributed by atoms with Gasteiger partial charge in [0.1, 0.15) is 5.76 Å². The van der Waals surface area contributed by atoms with Crippen molar-refractivity contribution in [3.63, 3.8) is 0 Å². The molecule has 3 radical (unpaired) electrons. The van der Waals surface area contributed by atoms with Crippen LogP contribution in [0.4, 0.5) is 0 Å². The van der Waals surface area contributed by atoms with Crippen LogP contribution in [-0.2, 0) is 6.42 Å². The third-order valence-corrected chi connectivity index (χ3v) is 2.79. The zero-order chi connectivity index (χ0) is 11.4. The lowest BCUT2D eigenvalue weighted by Gasteiger charge is -2.09. The fourth-order valence-corrected chi connectivity index (χ4v) is 1.70. The lowest BCUT2D eigenvalue weighted by atomic mass is 10.1. The maximum absolute atomic E-state index is 11.5. The fraction of sp³-hybridized carbons (Fsp3) is 0.545. The molecular formula is C11H15O3Si. The maximum Gasteiger partial charge on any atom is 0.377 e. The van der Waals surface area contributed by atoms with Gasteiger partial charge in [-0.1, -0.05) is 13.3 Å². The van der Waals surface area contributed by atoms with Crippen LogP contribution in [0.1, 0.15) is 36.7 Å². The summed E-state index contributed by atoms with van der Waals surface area (Å²) >= 11 is 0. The molecule has 1 aromatic heterocycles. The molecule has 0 saturated heterocycles. The Hall–Kier alpha value is -1.03. The van der Waals surface area contributed by atoms with E-state index in [1.165, 1.54) is 0 Å². The Morgan fingerprint density at radius 1 is 1.33 bits per heavy atom. The molecule has 1 heterocycles. The number of hydrogen-bond acceptors (Lipinski definition) is 3. The minimum Gasteiger partial charge on any atom is -0.535 e. The first-order chi connectivity index (χ1) is 7.11. The van der Waals surface area contributed by atoms with Crippen molar-refractivity contribution in [2.24, 2.45) is 0 Å². The second kappa shape index (κ2) is 5.16. The van der Waals surface area contributed by atoms with Crippen LogP contribution < -0.4 is 10.1 Å². The number of hydrogen-bond donors (Lipinski definition) is 0. The predicted molar refractivity (Wildman–Crippen MR) is 59.4 cm³/mol. The van der Waals surface area contributed by atoms with E-state index < -0.39 is 5.63 Å². The SMILES string of the molecule is CCCCc1oc(=O)c(O[Si])c(C)c1C. The third kappa shape index (κ3) is 2.50. The van der Waals surface area contributed by atoms with Crippen molar-refractivity contribution >= 4 is 10.5 Å². The molecule has 0 saturated carbocycles. The average molecular weight is 223 g/mol. The van der Waals surface area contributed by atoms with Crippen molar-refractivity contribution in [3.8, 4) is 5.75 Å². The summed E-state index contributed by atoms with van der Waals surface area (Å²) in [4.78, 5) is 11.5. The third-order valence-electron chi connectivity index (χ3n) is 2.58. The van der Waals surface area contributed by atoms with E-state index in [9.17, 15) is 4.79 Å². The van der Waals surface area contributed by atoms with E-state index in [1.807, 2.05) is 13.8 Å². The topological polar surface area (TPSA) is 39.4 Å². The molecule has 3 nitrogen and oxygen atoms in total. The maximum atomic E-state index is 11.5. The Bertz CT molecular complexity index is 396. The zero-order valence-electron chi connectivity index (χ0n) is 9.35. The van der Waals surface area contributed by atoms with E-state index in [4.69, 9.17) is 8.84 Å². The van der Waals surface area contributed by atoms with Gasteiger partial charge in [0.25, 0.3) is 0 Å². The summed E-state index contributed by atoms with van der Waals surface area (Å²) in [6.07, 6.45) is 2.91. The van der Waals surface area contributed by atoms with Crippen LogP contribution in [0.5, 0.6) is 5.75 Å². The molecule has 0 bridgehead atoms. The van der Waals surface area contributed by atoms with E-state index in [-0.39, 0.29) is 5.75 Å². The minimum atomic E-state index is -0.417. The van der Waals surface area contributed by atoms with Crippen molar-refractivity contribution in [3.05, 3.63) is 27.3 Å². The lowest BCUT2D eigenvalue weighted by molar-refractivity contribution is 0.420. The second-order valence-electron chi connectivity index (χ2n) is 3.60. The highest BCUT2D eigenvalue weighted by Crippen LogP contribution is 2.20. The van der Waals surface area contributed by atoms with Crippen LogP contribution in [0, 0.1) is 13.8 Å². The van der Waals surface area contributed by atoms with Gasteiger partial charge in [0, 0.05) is 12.0 Å². The molecule has 1 rings (SSSR count). The predicted octanol–water partition coefficient (Wildman–Crippen LogP) is 2.06. The summed E-state index contributed by atoms with van der Waals surface area (Å²) in [5.74, 6) is 1.01. The first-order valence-corrected chi connectivity index (χ1v) is 5.49. The molecule has 81 valence electrons. The molecule has 0 aliphatic rings. The molecule has 0 aliphatic carbocycles. The van der Waals surface area contributed by atoms with Crippen molar-refractivity contribution in [2.75, 3.05) is 0 Å². The van der Waals surface area contributed by atoms with E-state index in [1.54, 1.807) is 0 Å². The monoisotopic (exact) mass is 223 g/mol. The molecule has 4 heteroatoms. The highest BCUT2D eigenvalue weighted by Gasteiger charge is 2.13. The largest absolute Gasteiger partial charge is 0.535 e. The highest BCUT2D eigenvalue weighted by atomic mass is 28.2. The van der Waals surface area contributed by atoms with Crippen LogP contribution in [0.25, 0.3) is 0 Å². The second-order valence-corrected chi connectivity index (χ2v) is 3.80. The van der Waals surface area contributed by atoms with Gasteiger partial charge in [0.05, 0.1) is 0 Å². The molecule has 0 fully saturated rings. The molecule has 1 aromatic rings. The van der Waals surface area contributed by atoms with Gasteiger partial charge < -0.3 is 8.84 Å². The summed E-state index contributed by atoms with van der Waals surface area (Å²) in [6.45, 7) is 5.91. The van der Waals surface area contributed by atoms with Crippen molar-refractivity contribution in [1.29, 1.82) is 0 Å². The molecule has 0 atom stereocenters. The summed E-state index contributed by atoms with van der Waals surface area (Å²) in [7, 11) is 2.86. The standard InChI is InChI=1S/C11H15O3Si/c1-4-5-6-9-7(2)8(3)10(14-15)11(12)13-9/h4-6H2,1-3H3. The van der Waals surface area contributed by atoms with Gasteiger partial charge in [-0.05, 0) is 25.8 Å². The number of rotatable bonds is 4. The molecule has 0 unspecified atom stereocenters. The van der Waals surface area contributed by atoms with E-state index >= 15 is 0 Å². The Labute approximate surface area is 93.0 Å².